The first-order valence-corrected chi connectivity index (χ1v) is 7.23. The number of nitrogens with one attached hydrogen (secondary N) is 1. The monoisotopic (exact) mass is 264 g/mol. The van der Waals surface area contributed by atoms with Crippen LogP contribution in [0.4, 0.5) is 5.69 Å². The Labute approximate surface area is 114 Å². The molecule has 106 valence electrons. The van der Waals surface area contributed by atoms with E-state index in [2.05, 4.69) is 10.4 Å². The molecule has 1 amide bonds. The fourth-order valence-corrected chi connectivity index (χ4v) is 2.90. The second-order valence-corrected chi connectivity index (χ2v) is 5.38. The van der Waals surface area contributed by atoms with Gasteiger partial charge in [0.25, 0.3) is 5.91 Å². The van der Waals surface area contributed by atoms with Gasteiger partial charge in [-0.1, -0.05) is 32.6 Å². The third-order valence-corrected chi connectivity index (χ3v) is 4.02. The number of aryl methyl sites for hydroxylation is 2. The van der Waals surface area contributed by atoms with E-state index in [1.165, 1.54) is 25.7 Å². The molecule has 1 heterocycles. The average molecular weight is 264 g/mol. The first-order valence-electron chi connectivity index (χ1n) is 7.23. The maximum absolute atomic E-state index is 12.1. The topological polar surface area (TPSA) is 72.9 Å². The van der Waals surface area contributed by atoms with Crippen LogP contribution in [0, 0.1) is 5.92 Å². The molecule has 0 saturated heterocycles. The van der Waals surface area contributed by atoms with Crippen molar-refractivity contribution in [1.82, 2.24) is 15.1 Å². The fourth-order valence-electron chi connectivity index (χ4n) is 2.90. The van der Waals surface area contributed by atoms with E-state index in [1.807, 2.05) is 6.92 Å². The van der Waals surface area contributed by atoms with Crippen LogP contribution in [-0.2, 0) is 13.5 Å². The first-order chi connectivity index (χ1) is 9.13. The molecule has 1 aliphatic rings. The number of carbonyl (C=O) groups excluding carboxylic acids is 1. The normalized spacial score (nSPS) is 15.9. The SMILES string of the molecule is CCc1nn(C)c(C(=O)NCCC2CCCC2)c1N. The summed E-state index contributed by atoms with van der Waals surface area (Å²) in [6, 6.07) is 0. The summed E-state index contributed by atoms with van der Waals surface area (Å²) >= 11 is 0. The van der Waals surface area contributed by atoms with E-state index in [4.69, 9.17) is 5.73 Å². The molecular weight excluding hydrogens is 240 g/mol. The predicted molar refractivity (Wildman–Crippen MR) is 75.9 cm³/mol. The molecule has 0 unspecified atom stereocenters. The van der Waals surface area contributed by atoms with Crippen LogP contribution in [-0.4, -0.2) is 22.2 Å². The Morgan fingerprint density at radius 3 is 2.74 bits per heavy atom. The molecule has 0 aromatic carbocycles. The molecule has 0 bridgehead atoms. The smallest absolute Gasteiger partial charge is 0.271 e. The van der Waals surface area contributed by atoms with Crippen LogP contribution in [0.25, 0.3) is 0 Å². The van der Waals surface area contributed by atoms with E-state index in [0.717, 1.165) is 31.0 Å². The fraction of sp³-hybridized carbons (Fsp3) is 0.714. The summed E-state index contributed by atoms with van der Waals surface area (Å²) in [5.74, 6) is 0.681. The summed E-state index contributed by atoms with van der Waals surface area (Å²) in [5, 5.41) is 7.23. The number of amides is 1. The highest BCUT2D eigenvalue weighted by Gasteiger charge is 2.19. The minimum Gasteiger partial charge on any atom is -0.395 e. The molecule has 1 aliphatic carbocycles. The van der Waals surface area contributed by atoms with Crippen molar-refractivity contribution < 1.29 is 4.79 Å². The number of aromatic nitrogens is 2. The minimum atomic E-state index is -0.106. The molecule has 5 heteroatoms. The minimum absolute atomic E-state index is 0.106. The Morgan fingerprint density at radius 2 is 2.16 bits per heavy atom. The average Bonchev–Trinajstić information content (AvgIpc) is 2.97. The molecule has 1 fully saturated rings. The van der Waals surface area contributed by atoms with Gasteiger partial charge in [-0.2, -0.15) is 5.10 Å². The standard InChI is InChI=1S/C14H24N4O/c1-3-11-12(15)13(18(2)17-11)14(19)16-9-8-10-6-4-5-7-10/h10H,3-9,15H2,1-2H3,(H,16,19). The second-order valence-electron chi connectivity index (χ2n) is 5.38. The zero-order chi connectivity index (χ0) is 13.8. The van der Waals surface area contributed by atoms with Crippen LogP contribution in [0.15, 0.2) is 0 Å². The maximum atomic E-state index is 12.1. The molecule has 1 aromatic heterocycles. The Morgan fingerprint density at radius 1 is 1.47 bits per heavy atom. The number of rotatable bonds is 5. The third-order valence-electron chi connectivity index (χ3n) is 4.02. The van der Waals surface area contributed by atoms with Gasteiger partial charge < -0.3 is 11.1 Å². The zero-order valence-corrected chi connectivity index (χ0v) is 11.9. The van der Waals surface area contributed by atoms with Crippen molar-refractivity contribution in [2.75, 3.05) is 12.3 Å². The van der Waals surface area contributed by atoms with Crippen molar-refractivity contribution in [3.8, 4) is 0 Å². The summed E-state index contributed by atoms with van der Waals surface area (Å²) in [6.45, 7) is 2.72. The van der Waals surface area contributed by atoms with E-state index in [9.17, 15) is 4.79 Å². The number of anilines is 1. The van der Waals surface area contributed by atoms with Gasteiger partial charge in [0.05, 0.1) is 11.4 Å². The highest BCUT2D eigenvalue weighted by molar-refractivity contribution is 5.97. The Hall–Kier alpha value is -1.52. The number of hydrogen-bond acceptors (Lipinski definition) is 3. The lowest BCUT2D eigenvalue weighted by atomic mass is 10.0. The van der Waals surface area contributed by atoms with E-state index >= 15 is 0 Å². The molecule has 3 N–H and O–H groups in total. The molecule has 0 atom stereocenters. The largest absolute Gasteiger partial charge is 0.395 e. The highest BCUT2D eigenvalue weighted by Crippen LogP contribution is 2.27. The maximum Gasteiger partial charge on any atom is 0.271 e. The van der Waals surface area contributed by atoms with Crippen LogP contribution in [0.3, 0.4) is 0 Å². The van der Waals surface area contributed by atoms with Crippen molar-refractivity contribution >= 4 is 11.6 Å². The predicted octanol–water partition coefficient (Wildman–Crippen LogP) is 1.87. The van der Waals surface area contributed by atoms with Crippen molar-refractivity contribution in [2.24, 2.45) is 13.0 Å². The van der Waals surface area contributed by atoms with Gasteiger partial charge in [-0.15, -0.1) is 0 Å². The number of nitrogen functional groups attached to an aromatic ring is 1. The first kappa shape index (κ1) is 13.9. The van der Waals surface area contributed by atoms with E-state index in [0.29, 0.717) is 11.4 Å². The lowest BCUT2D eigenvalue weighted by molar-refractivity contribution is 0.0943. The van der Waals surface area contributed by atoms with Crippen LogP contribution in [0.1, 0.15) is 55.2 Å². The molecule has 0 radical (unpaired) electrons. The number of nitrogens with two attached hydrogens (primary N) is 1. The summed E-state index contributed by atoms with van der Waals surface area (Å²) in [6.07, 6.45) is 7.12. The van der Waals surface area contributed by atoms with Gasteiger partial charge in [0.2, 0.25) is 0 Å². The van der Waals surface area contributed by atoms with Crippen LogP contribution >= 0.6 is 0 Å². The van der Waals surface area contributed by atoms with Crippen molar-refractivity contribution in [2.45, 2.75) is 45.4 Å². The molecule has 5 nitrogen and oxygen atoms in total. The summed E-state index contributed by atoms with van der Waals surface area (Å²) < 4.78 is 1.58. The molecule has 19 heavy (non-hydrogen) atoms. The van der Waals surface area contributed by atoms with Crippen molar-refractivity contribution in [1.29, 1.82) is 0 Å². The molecule has 1 aromatic rings. The highest BCUT2D eigenvalue weighted by atomic mass is 16.2. The van der Waals surface area contributed by atoms with Crippen LogP contribution in [0.5, 0.6) is 0 Å². The summed E-state index contributed by atoms with van der Waals surface area (Å²) in [5.41, 5.74) is 7.77. The molecule has 2 rings (SSSR count). The van der Waals surface area contributed by atoms with Gasteiger partial charge in [0.15, 0.2) is 0 Å². The molecular formula is C14H24N4O. The van der Waals surface area contributed by atoms with Gasteiger partial charge in [0, 0.05) is 13.6 Å². The zero-order valence-electron chi connectivity index (χ0n) is 11.9. The summed E-state index contributed by atoms with van der Waals surface area (Å²) in [7, 11) is 1.77. The molecule has 0 spiro atoms. The third kappa shape index (κ3) is 3.08. The molecule has 1 saturated carbocycles. The number of hydrogen-bond donors (Lipinski definition) is 2. The number of nitrogens with zero attached hydrogens (tertiary/aromatic N) is 2. The quantitative estimate of drug-likeness (QED) is 0.852. The van der Waals surface area contributed by atoms with Gasteiger partial charge in [-0.25, -0.2) is 0 Å². The van der Waals surface area contributed by atoms with Gasteiger partial charge >= 0.3 is 0 Å². The van der Waals surface area contributed by atoms with Gasteiger partial charge in [0.1, 0.15) is 5.69 Å². The Bertz CT molecular complexity index is 447. The van der Waals surface area contributed by atoms with Crippen LogP contribution in [0.2, 0.25) is 0 Å². The van der Waals surface area contributed by atoms with Crippen molar-refractivity contribution in [3.63, 3.8) is 0 Å². The van der Waals surface area contributed by atoms with Crippen molar-refractivity contribution in [3.05, 3.63) is 11.4 Å². The van der Waals surface area contributed by atoms with E-state index in [-0.39, 0.29) is 5.91 Å². The van der Waals surface area contributed by atoms with Gasteiger partial charge in [-0.05, 0) is 18.8 Å². The lowest BCUT2D eigenvalue weighted by Gasteiger charge is -2.10. The summed E-state index contributed by atoms with van der Waals surface area (Å²) in [4.78, 5) is 12.1. The Kier molecular flexibility index (Phi) is 4.45. The number of carbonyl (C=O) groups is 1. The van der Waals surface area contributed by atoms with E-state index < -0.39 is 0 Å². The molecule has 0 aliphatic heterocycles. The van der Waals surface area contributed by atoms with E-state index in [1.54, 1.807) is 11.7 Å². The van der Waals surface area contributed by atoms with Gasteiger partial charge in [-0.3, -0.25) is 9.48 Å². The lowest BCUT2D eigenvalue weighted by Crippen LogP contribution is -2.28. The second kappa shape index (κ2) is 6.08. The van der Waals surface area contributed by atoms with Crippen LogP contribution < -0.4 is 11.1 Å². The Balaban J connectivity index is 1.90.